The lowest BCUT2D eigenvalue weighted by molar-refractivity contribution is 0.0808. The number of carbonyl (C=O) groups is 1. The highest BCUT2D eigenvalue weighted by atomic mass is 35.5. The highest BCUT2D eigenvalue weighted by Crippen LogP contribution is 2.54. The lowest BCUT2D eigenvalue weighted by Gasteiger charge is -2.23. The third kappa shape index (κ3) is 3.38. The van der Waals surface area contributed by atoms with Gasteiger partial charge < -0.3 is 10.4 Å². The van der Waals surface area contributed by atoms with Crippen LogP contribution in [0.2, 0.25) is 5.02 Å². The van der Waals surface area contributed by atoms with Crippen LogP contribution >= 0.6 is 11.6 Å². The Kier molecular flexibility index (Phi) is 4.37. The zero-order valence-electron chi connectivity index (χ0n) is 12.4. The average molecular weight is 334 g/mol. The molecule has 0 heterocycles. The molecule has 3 rings (SSSR count). The summed E-state index contributed by atoms with van der Waals surface area (Å²) < 4.78 is 13.0. The van der Waals surface area contributed by atoms with Crippen molar-refractivity contribution in [1.82, 2.24) is 5.32 Å². The Morgan fingerprint density at radius 2 is 1.96 bits per heavy atom. The molecule has 3 nitrogen and oxygen atoms in total. The molecule has 5 heteroatoms. The van der Waals surface area contributed by atoms with E-state index in [0.29, 0.717) is 6.54 Å². The number of benzene rings is 2. The minimum atomic E-state index is -0.618. The number of halogens is 2. The van der Waals surface area contributed by atoms with Gasteiger partial charge in [-0.25, -0.2) is 4.39 Å². The fourth-order valence-corrected chi connectivity index (χ4v) is 2.97. The van der Waals surface area contributed by atoms with Gasteiger partial charge in [-0.15, -0.1) is 0 Å². The van der Waals surface area contributed by atoms with Crippen LogP contribution in [0.15, 0.2) is 48.5 Å². The first kappa shape index (κ1) is 16.0. The van der Waals surface area contributed by atoms with E-state index in [4.69, 9.17) is 11.6 Å². The van der Waals surface area contributed by atoms with Gasteiger partial charge >= 0.3 is 0 Å². The number of aliphatic hydroxyl groups is 1. The zero-order valence-corrected chi connectivity index (χ0v) is 13.2. The molecule has 0 aliphatic heterocycles. The Labute approximate surface area is 139 Å². The van der Waals surface area contributed by atoms with Gasteiger partial charge in [-0.1, -0.05) is 41.9 Å². The first-order valence-electron chi connectivity index (χ1n) is 7.48. The second-order valence-corrected chi connectivity index (χ2v) is 6.39. The van der Waals surface area contributed by atoms with E-state index in [2.05, 4.69) is 5.32 Å². The highest BCUT2D eigenvalue weighted by Gasteiger charge is 2.49. The molecule has 1 aliphatic carbocycles. The smallest absolute Gasteiger partial charge is 0.252 e. The summed E-state index contributed by atoms with van der Waals surface area (Å²) in [4.78, 5) is 12.2. The predicted molar refractivity (Wildman–Crippen MR) is 86.8 cm³/mol. The van der Waals surface area contributed by atoms with E-state index in [0.717, 1.165) is 24.5 Å². The summed E-state index contributed by atoms with van der Waals surface area (Å²) in [6, 6.07) is 13.1. The lowest BCUT2D eigenvalue weighted by Crippen LogP contribution is -2.33. The summed E-state index contributed by atoms with van der Waals surface area (Å²) in [5.74, 6) is -0.841. The van der Waals surface area contributed by atoms with Crippen LogP contribution in [0.4, 0.5) is 4.39 Å². The largest absolute Gasteiger partial charge is 0.388 e. The molecule has 1 atom stereocenters. The van der Waals surface area contributed by atoms with E-state index >= 15 is 0 Å². The summed E-state index contributed by atoms with van der Waals surface area (Å²) in [6.07, 6.45) is 1.08. The number of carbonyl (C=O) groups excluding carboxylic acids is 1. The normalized spacial score (nSPS) is 16.7. The molecule has 0 bridgehead atoms. The van der Waals surface area contributed by atoms with Crippen LogP contribution in [0.5, 0.6) is 0 Å². The molecular formula is C18H17ClFNO2. The number of amides is 1. The van der Waals surface area contributed by atoms with Gasteiger partial charge in [-0.3, -0.25) is 4.79 Å². The highest BCUT2D eigenvalue weighted by molar-refractivity contribution is 6.33. The topological polar surface area (TPSA) is 49.3 Å². The Morgan fingerprint density at radius 1 is 1.26 bits per heavy atom. The quantitative estimate of drug-likeness (QED) is 0.876. The molecule has 1 unspecified atom stereocenters. The monoisotopic (exact) mass is 333 g/mol. The van der Waals surface area contributed by atoms with E-state index < -0.39 is 11.9 Å². The van der Waals surface area contributed by atoms with Crippen molar-refractivity contribution in [3.63, 3.8) is 0 Å². The summed E-state index contributed by atoms with van der Waals surface area (Å²) in [5.41, 5.74) is 0.751. The molecule has 1 saturated carbocycles. The minimum absolute atomic E-state index is 0.0796. The van der Waals surface area contributed by atoms with Gasteiger partial charge in [0.15, 0.2) is 0 Å². The lowest BCUT2D eigenvalue weighted by atomic mass is 9.92. The number of hydrogen-bond acceptors (Lipinski definition) is 2. The minimum Gasteiger partial charge on any atom is -0.388 e. The first-order valence-corrected chi connectivity index (χ1v) is 7.86. The summed E-state index contributed by atoms with van der Waals surface area (Å²) in [7, 11) is 0. The molecular weight excluding hydrogens is 317 g/mol. The van der Waals surface area contributed by atoms with Gasteiger partial charge in [0.25, 0.3) is 5.91 Å². The average Bonchev–Trinajstić information content (AvgIpc) is 3.34. The first-order chi connectivity index (χ1) is 11.0. The van der Waals surface area contributed by atoms with Gasteiger partial charge in [0.1, 0.15) is 5.82 Å². The summed E-state index contributed by atoms with van der Waals surface area (Å²) in [5, 5.41) is 13.4. The Morgan fingerprint density at radius 3 is 2.57 bits per heavy atom. The third-order valence-corrected chi connectivity index (χ3v) is 4.68. The van der Waals surface area contributed by atoms with E-state index in [1.807, 2.05) is 30.3 Å². The molecule has 2 N–H and O–H groups in total. The SMILES string of the molecule is O=C(NCC1(C(O)c2ccccc2)CC1)c1ccc(F)cc1Cl. The maximum absolute atomic E-state index is 13.0. The van der Waals surface area contributed by atoms with Crippen molar-refractivity contribution in [2.45, 2.75) is 18.9 Å². The molecule has 1 aliphatic rings. The number of rotatable bonds is 5. The van der Waals surface area contributed by atoms with Gasteiger partial charge in [0.2, 0.25) is 0 Å². The van der Waals surface area contributed by atoms with E-state index in [1.165, 1.54) is 12.1 Å². The molecule has 120 valence electrons. The van der Waals surface area contributed by atoms with Gasteiger partial charge in [0.05, 0.1) is 16.7 Å². The molecule has 1 fully saturated rings. The number of hydrogen-bond donors (Lipinski definition) is 2. The van der Waals surface area contributed by atoms with Crippen molar-refractivity contribution in [1.29, 1.82) is 0 Å². The number of nitrogens with one attached hydrogen (secondary N) is 1. The maximum atomic E-state index is 13.0. The summed E-state index contributed by atoms with van der Waals surface area (Å²) in [6.45, 7) is 0.357. The maximum Gasteiger partial charge on any atom is 0.252 e. The molecule has 2 aromatic carbocycles. The fraction of sp³-hybridized carbons (Fsp3) is 0.278. The molecule has 23 heavy (non-hydrogen) atoms. The second kappa shape index (κ2) is 6.30. The molecule has 0 aromatic heterocycles. The van der Waals surface area contributed by atoms with Gasteiger partial charge in [-0.05, 0) is 36.6 Å². The van der Waals surface area contributed by atoms with Crippen LogP contribution in [0.3, 0.4) is 0 Å². The molecule has 1 amide bonds. The van der Waals surface area contributed by atoms with E-state index in [1.54, 1.807) is 0 Å². The van der Waals surface area contributed by atoms with Gasteiger partial charge in [0, 0.05) is 12.0 Å². The Balaban J connectivity index is 1.67. The Bertz CT molecular complexity index is 716. The van der Waals surface area contributed by atoms with Gasteiger partial charge in [-0.2, -0.15) is 0 Å². The van der Waals surface area contributed by atoms with Crippen molar-refractivity contribution < 1.29 is 14.3 Å². The predicted octanol–water partition coefficient (Wildman–Crippen LogP) is 3.72. The molecule has 0 saturated heterocycles. The van der Waals surface area contributed by atoms with Crippen molar-refractivity contribution in [2.75, 3.05) is 6.54 Å². The fourth-order valence-electron chi connectivity index (χ4n) is 2.72. The Hall–Kier alpha value is -1.91. The number of aliphatic hydroxyl groups excluding tert-OH is 1. The molecule has 0 spiro atoms. The molecule has 2 aromatic rings. The van der Waals surface area contributed by atoms with Crippen molar-refractivity contribution in [3.8, 4) is 0 Å². The zero-order chi connectivity index (χ0) is 16.4. The van der Waals surface area contributed by atoms with E-state index in [9.17, 15) is 14.3 Å². The van der Waals surface area contributed by atoms with Crippen LogP contribution < -0.4 is 5.32 Å². The van der Waals surface area contributed by atoms with Crippen molar-refractivity contribution in [2.24, 2.45) is 5.41 Å². The summed E-state index contributed by atoms with van der Waals surface area (Å²) >= 11 is 5.90. The third-order valence-electron chi connectivity index (χ3n) is 4.36. The van der Waals surface area contributed by atoms with E-state index in [-0.39, 0.29) is 21.9 Å². The molecule has 0 radical (unpaired) electrons. The van der Waals surface area contributed by atoms with Crippen LogP contribution in [-0.2, 0) is 0 Å². The second-order valence-electron chi connectivity index (χ2n) is 5.98. The van der Waals surface area contributed by atoms with Crippen molar-refractivity contribution in [3.05, 3.63) is 70.5 Å². The van der Waals surface area contributed by atoms with Crippen LogP contribution in [0, 0.1) is 11.2 Å². The van der Waals surface area contributed by atoms with Crippen LogP contribution in [-0.4, -0.2) is 17.6 Å². The van der Waals surface area contributed by atoms with Crippen LogP contribution in [0.25, 0.3) is 0 Å². The van der Waals surface area contributed by atoms with Crippen LogP contribution in [0.1, 0.15) is 34.9 Å². The standard InChI is InChI=1S/C18H17ClFNO2/c19-15-10-13(20)6-7-14(15)17(23)21-11-18(8-9-18)16(22)12-4-2-1-3-5-12/h1-7,10,16,22H,8-9,11H2,(H,21,23). The van der Waals surface area contributed by atoms with Crippen molar-refractivity contribution >= 4 is 17.5 Å².